The summed E-state index contributed by atoms with van der Waals surface area (Å²) in [6.07, 6.45) is 3.80. The molecule has 0 aromatic heterocycles. The number of aliphatic hydroxyl groups excluding tert-OH is 1. The van der Waals surface area contributed by atoms with Crippen LogP contribution in [0.15, 0.2) is 30.8 Å². The molecule has 1 aliphatic heterocycles. The molecule has 0 radical (unpaired) electrons. The molecule has 100 valence electrons. The molecular weight excluding hydrogens is 238 g/mol. The van der Waals surface area contributed by atoms with Gasteiger partial charge in [0.15, 0.2) is 0 Å². The SMILES string of the molecule is C=C1c2ccccc2C(=O)N1CC1CCCCC1O. The number of hydrogen-bond donors (Lipinski definition) is 1. The molecule has 1 fully saturated rings. The number of hydrogen-bond acceptors (Lipinski definition) is 2. The van der Waals surface area contributed by atoms with E-state index in [1.165, 1.54) is 0 Å². The van der Waals surface area contributed by atoms with Crippen molar-refractivity contribution in [3.8, 4) is 0 Å². The van der Waals surface area contributed by atoms with Gasteiger partial charge in [0.25, 0.3) is 5.91 Å². The lowest BCUT2D eigenvalue weighted by molar-refractivity contribution is 0.0515. The highest BCUT2D eigenvalue weighted by Crippen LogP contribution is 2.34. The van der Waals surface area contributed by atoms with Crippen molar-refractivity contribution in [3.05, 3.63) is 42.0 Å². The van der Waals surface area contributed by atoms with Gasteiger partial charge in [0.1, 0.15) is 0 Å². The van der Waals surface area contributed by atoms with Crippen LogP contribution in [0.5, 0.6) is 0 Å². The summed E-state index contributed by atoms with van der Waals surface area (Å²) in [6, 6.07) is 7.59. The van der Waals surface area contributed by atoms with Crippen molar-refractivity contribution in [1.82, 2.24) is 4.90 Å². The van der Waals surface area contributed by atoms with E-state index in [0.29, 0.717) is 6.54 Å². The number of carbonyl (C=O) groups is 1. The highest BCUT2D eigenvalue weighted by Gasteiger charge is 2.34. The lowest BCUT2D eigenvalue weighted by atomic mass is 9.86. The highest BCUT2D eigenvalue weighted by atomic mass is 16.3. The fraction of sp³-hybridized carbons (Fsp3) is 0.438. The molecule has 1 saturated carbocycles. The third kappa shape index (κ3) is 2.08. The van der Waals surface area contributed by atoms with Gasteiger partial charge in [-0.3, -0.25) is 4.79 Å². The van der Waals surface area contributed by atoms with Gasteiger partial charge in [-0.05, 0) is 18.9 Å². The van der Waals surface area contributed by atoms with Crippen molar-refractivity contribution in [1.29, 1.82) is 0 Å². The Kier molecular flexibility index (Phi) is 3.15. The monoisotopic (exact) mass is 257 g/mol. The zero-order valence-electron chi connectivity index (χ0n) is 11.0. The van der Waals surface area contributed by atoms with Gasteiger partial charge >= 0.3 is 0 Å². The Morgan fingerprint density at radius 2 is 1.89 bits per heavy atom. The lowest BCUT2D eigenvalue weighted by Crippen LogP contribution is -2.36. The van der Waals surface area contributed by atoms with Gasteiger partial charge in [-0.1, -0.05) is 37.6 Å². The molecule has 1 N–H and O–H groups in total. The summed E-state index contributed by atoms with van der Waals surface area (Å²) in [7, 11) is 0. The first kappa shape index (κ1) is 12.4. The van der Waals surface area contributed by atoms with Crippen molar-refractivity contribution in [2.45, 2.75) is 31.8 Å². The van der Waals surface area contributed by atoms with Crippen LogP contribution in [0.4, 0.5) is 0 Å². The molecule has 1 aromatic carbocycles. The van der Waals surface area contributed by atoms with Gasteiger partial charge in [0, 0.05) is 29.3 Å². The second-order valence-electron chi connectivity index (χ2n) is 5.52. The smallest absolute Gasteiger partial charge is 0.258 e. The Morgan fingerprint density at radius 3 is 2.58 bits per heavy atom. The average molecular weight is 257 g/mol. The second-order valence-corrected chi connectivity index (χ2v) is 5.52. The van der Waals surface area contributed by atoms with E-state index < -0.39 is 0 Å². The van der Waals surface area contributed by atoms with Crippen molar-refractivity contribution >= 4 is 11.6 Å². The second kappa shape index (κ2) is 4.82. The largest absolute Gasteiger partial charge is 0.393 e. The number of nitrogens with zero attached hydrogens (tertiary/aromatic N) is 1. The van der Waals surface area contributed by atoms with Crippen LogP contribution in [-0.4, -0.2) is 28.6 Å². The molecular formula is C16H19NO2. The van der Waals surface area contributed by atoms with Gasteiger partial charge in [-0.25, -0.2) is 0 Å². The van der Waals surface area contributed by atoms with Crippen LogP contribution >= 0.6 is 0 Å². The van der Waals surface area contributed by atoms with E-state index in [1.54, 1.807) is 4.90 Å². The number of fused-ring (bicyclic) bond motifs is 1. The minimum Gasteiger partial charge on any atom is -0.393 e. The number of aliphatic hydroxyl groups is 1. The normalized spacial score (nSPS) is 26.7. The molecule has 2 aliphatic rings. The first-order valence-electron chi connectivity index (χ1n) is 6.96. The van der Waals surface area contributed by atoms with Crippen LogP contribution in [-0.2, 0) is 0 Å². The number of benzene rings is 1. The summed E-state index contributed by atoms with van der Waals surface area (Å²) in [4.78, 5) is 14.1. The zero-order valence-corrected chi connectivity index (χ0v) is 11.0. The highest BCUT2D eigenvalue weighted by molar-refractivity contribution is 6.08. The van der Waals surface area contributed by atoms with E-state index in [1.807, 2.05) is 24.3 Å². The third-order valence-corrected chi connectivity index (χ3v) is 4.33. The Bertz CT molecular complexity index is 488. The van der Waals surface area contributed by atoms with Crippen LogP contribution in [0.1, 0.15) is 41.6 Å². The molecule has 2 atom stereocenters. The Hall–Kier alpha value is -1.61. The molecule has 1 amide bonds. The summed E-state index contributed by atoms with van der Waals surface area (Å²) in [5, 5.41) is 10.1. The van der Waals surface area contributed by atoms with Crippen molar-refractivity contribution in [2.24, 2.45) is 5.92 Å². The minimum atomic E-state index is -0.280. The van der Waals surface area contributed by atoms with Crippen LogP contribution in [0.25, 0.3) is 5.70 Å². The van der Waals surface area contributed by atoms with Gasteiger partial charge in [-0.2, -0.15) is 0 Å². The lowest BCUT2D eigenvalue weighted by Gasteiger charge is -2.31. The molecule has 3 heteroatoms. The molecule has 0 saturated heterocycles. The maximum Gasteiger partial charge on any atom is 0.258 e. The van der Waals surface area contributed by atoms with Gasteiger partial charge in [0.05, 0.1) is 6.10 Å². The standard InChI is InChI=1S/C16H19NO2/c1-11-13-7-3-4-8-14(13)16(19)17(11)10-12-6-2-5-9-15(12)18/h3-4,7-8,12,15,18H,1-2,5-6,9-10H2. The maximum absolute atomic E-state index is 12.4. The zero-order chi connectivity index (χ0) is 13.4. The van der Waals surface area contributed by atoms with Gasteiger partial charge in [0.2, 0.25) is 0 Å². The minimum absolute atomic E-state index is 0.0263. The molecule has 2 unspecified atom stereocenters. The average Bonchev–Trinajstić information content (AvgIpc) is 2.67. The summed E-state index contributed by atoms with van der Waals surface area (Å²) < 4.78 is 0. The van der Waals surface area contributed by atoms with E-state index in [2.05, 4.69) is 6.58 Å². The maximum atomic E-state index is 12.4. The first-order chi connectivity index (χ1) is 9.18. The van der Waals surface area contributed by atoms with E-state index in [0.717, 1.165) is 42.5 Å². The van der Waals surface area contributed by atoms with E-state index >= 15 is 0 Å². The summed E-state index contributed by atoms with van der Waals surface area (Å²) in [5.41, 5.74) is 2.44. The predicted molar refractivity (Wildman–Crippen MR) is 74.5 cm³/mol. The first-order valence-corrected chi connectivity index (χ1v) is 6.96. The topological polar surface area (TPSA) is 40.5 Å². The predicted octanol–water partition coefficient (Wildman–Crippen LogP) is 2.66. The molecule has 0 bridgehead atoms. The van der Waals surface area contributed by atoms with Crippen LogP contribution in [0, 0.1) is 5.92 Å². The molecule has 3 rings (SSSR count). The third-order valence-electron chi connectivity index (χ3n) is 4.33. The Labute approximate surface area is 113 Å². The molecule has 0 spiro atoms. The van der Waals surface area contributed by atoms with E-state index in [9.17, 15) is 9.90 Å². The molecule has 1 aliphatic carbocycles. The Balaban J connectivity index is 1.80. The van der Waals surface area contributed by atoms with Crippen LogP contribution in [0.3, 0.4) is 0 Å². The van der Waals surface area contributed by atoms with Crippen molar-refractivity contribution < 1.29 is 9.90 Å². The van der Waals surface area contributed by atoms with Crippen molar-refractivity contribution in [2.75, 3.05) is 6.54 Å². The van der Waals surface area contributed by atoms with E-state index in [4.69, 9.17) is 0 Å². The summed E-state index contributed by atoms with van der Waals surface area (Å²) in [5.74, 6) is 0.210. The molecule has 3 nitrogen and oxygen atoms in total. The quantitative estimate of drug-likeness (QED) is 0.885. The number of amides is 1. The molecule has 1 aromatic rings. The number of carbonyl (C=O) groups excluding carboxylic acids is 1. The Morgan fingerprint density at radius 1 is 1.21 bits per heavy atom. The fourth-order valence-corrected chi connectivity index (χ4v) is 3.16. The van der Waals surface area contributed by atoms with Gasteiger partial charge in [-0.15, -0.1) is 0 Å². The molecule has 19 heavy (non-hydrogen) atoms. The molecule has 1 heterocycles. The van der Waals surface area contributed by atoms with Crippen LogP contribution < -0.4 is 0 Å². The van der Waals surface area contributed by atoms with Crippen LogP contribution in [0.2, 0.25) is 0 Å². The van der Waals surface area contributed by atoms with E-state index in [-0.39, 0.29) is 17.9 Å². The number of rotatable bonds is 2. The summed E-state index contributed by atoms with van der Waals surface area (Å²) >= 11 is 0. The van der Waals surface area contributed by atoms with Crippen molar-refractivity contribution in [3.63, 3.8) is 0 Å². The van der Waals surface area contributed by atoms with Gasteiger partial charge < -0.3 is 10.0 Å². The summed E-state index contributed by atoms with van der Waals surface area (Å²) in [6.45, 7) is 4.63. The fourth-order valence-electron chi connectivity index (χ4n) is 3.16.